The molecule has 698 valence electrons. The van der Waals surface area contributed by atoms with Gasteiger partial charge in [0.2, 0.25) is 0 Å². The molecule has 0 saturated carbocycles. The molecule has 3 aliphatic heterocycles. The zero-order valence-corrected chi connectivity index (χ0v) is 85.6. The molecular weight excluding hydrogens is 1900 g/mol. The standard InChI is InChI=1S/C25H25BrClN.C25H26ClN.C16H19NO.C16H17N.C15H15NO2.C14H13NO2.C8H7IO2/c1-17-6-12-23-21(15-17)25(2,3)22-16-19(26)9-13-24(22)28(23)20-10-7-18(8-11-20)5-4-14-27;1-18-10-15-24-22(17-18)25(2,3)21-8-4-5-9-23(21)27(24)20-13-11-19(12-14-20)7-6-16-26;1-12-9-10-15(14(11-12)16(2,3)18)17-13-7-5-4-6-8-13;1-11-8-9-15-13(10-11)16(2,3)12-6-4-5-7-14(12)17-15;1-11-8-9-14(13(10-11)15(17)18-2)16-12-6-4-3-5-7-12;1-10-7-8-13(12(9-10)14(16)17)15-11-5-3-2-4-6-11;1-5-2-3-7(9)6(4-5)8(10)11/h6-13,15-16H,4-5,14H2,1-3H3;4-5,8-15,17H,6-7,16H2,1-3H3;4-11,17-18H,1-3H3;4-10,17H,1-3H3;3-10,16H,1-2H3;2-9,15H,1H3,(H,16,17);2-4H,1H3,(H,10,11). The molecule has 18 rings (SSSR count). The van der Waals surface area contributed by atoms with Gasteiger partial charge in [-0.3, -0.25) is 0 Å². The van der Waals surface area contributed by atoms with Gasteiger partial charge in [0.15, 0.2) is 0 Å². The summed E-state index contributed by atoms with van der Waals surface area (Å²) in [4.78, 5) is 38.2. The van der Waals surface area contributed by atoms with E-state index in [0.29, 0.717) is 28.6 Å². The van der Waals surface area contributed by atoms with E-state index in [1.165, 1.54) is 114 Å². The van der Waals surface area contributed by atoms with Crippen molar-refractivity contribution in [3.63, 3.8) is 0 Å². The van der Waals surface area contributed by atoms with Crippen molar-refractivity contribution in [2.24, 2.45) is 0 Å². The number of esters is 1. The maximum Gasteiger partial charge on any atom is 0.339 e. The van der Waals surface area contributed by atoms with Crippen LogP contribution in [0.2, 0.25) is 0 Å². The molecule has 0 aliphatic carbocycles. The van der Waals surface area contributed by atoms with Crippen molar-refractivity contribution in [2.45, 2.75) is 151 Å². The Balaban J connectivity index is 0.000000145. The number of carbonyl (C=O) groups excluding carboxylic acids is 1. The van der Waals surface area contributed by atoms with E-state index in [0.717, 1.165) is 90.0 Å². The normalized spacial score (nSPS) is 12.7. The number of hydrogen-bond donors (Lipinski definition) is 7. The van der Waals surface area contributed by atoms with E-state index in [9.17, 15) is 19.5 Å². The Bertz CT molecular complexity index is 6610. The number of aryl methyl sites for hydroxylation is 9. The van der Waals surface area contributed by atoms with Crippen LogP contribution >= 0.6 is 61.7 Å². The maximum absolute atomic E-state index is 11.7. The highest BCUT2D eigenvalue weighted by Crippen LogP contribution is 2.55. The van der Waals surface area contributed by atoms with Crippen LogP contribution in [0.15, 0.2) is 338 Å². The van der Waals surface area contributed by atoms with E-state index in [1.54, 1.807) is 38.1 Å². The Labute approximate surface area is 835 Å². The Morgan fingerprint density at radius 1 is 0.382 bits per heavy atom. The predicted molar refractivity (Wildman–Crippen MR) is 582 cm³/mol. The SMILES string of the molecule is COC(=O)c1cc(C)ccc1Nc1ccccc1.Cc1ccc(I)c(C(=O)O)c1.Cc1ccc(Nc2ccccc2)c(C(=O)O)c1.Cc1ccc(Nc2ccccc2)c(C(C)(C)O)c1.Cc1ccc2c(c1)C(C)(C)c1cc(Br)ccc1N2c1ccc(CCCCl)cc1.Cc1ccc2c(c1)C(C)(C)c1ccccc1N2.Cc1ccc2c(c1)C(C)(C)c1ccccc1N2c1ccc(CCCCl)cc1. The number of alkyl halides is 2. The van der Waals surface area contributed by atoms with Crippen molar-refractivity contribution in [3.05, 3.63) is 447 Å². The van der Waals surface area contributed by atoms with Gasteiger partial charge in [-0.25, -0.2) is 14.4 Å². The van der Waals surface area contributed by atoms with Crippen molar-refractivity contribution in [1.82, 2.24) is 0 Å². The van der Waals surface area contributed by atoms with Crippen LogP contribution in [0.3, 0.4) is 0 Å². The number of carbonyl (C=O) groups is 3. The first-order valence-electron chi connectivity index (χ1n) is 45.8. The fourth-order valence-electron chi connectivity index (χ4n) is 17.2. The number of anilines is 14. The highest BCUT2D eigenvalue weighted by molar-refractivity contribution is 14.1. The third-order valence-corrected chi connectivity index (χ3v) is 26.4. The van der Waals surface area contributed by atoms with Gasteiger partial charge < -0.3 is 51.1 Å². The fraction of sp³-hybridized carbons (Fsp3) is 0.218. The monoisotopic (exact) mass is 2020 g/mol. The first-order valence-corrected chi connectivity index (χ1v) is 48.7. The van der Waals surface area contributed by atoms with Gasteiger partial charge >= 0.3 is 17.9 Å². The number of aromatic carboxylic acids is 2. The second-order valence-corrected chi connectivity index (χ2v) is 39.5. The van der Waals surface area contributed by atoms with E-state index < -0.39 is 17.5 Å². The number of fused-ring (bicyclic) bond motifs is 6. The van der Waals surface area contributed by atoms with Gasteiger partial charge in [-0.05, 0) is 307 Å². The molecule has 0 aromatic heterocycles. The molecule has 0 saturated heterocycles. The van der Waals surface area contributed by atoms with Gasteiger partial charge in [0, 0.05) is 87.1 Å². The number of rotatable bonds is 18. The lowest BCUT2D eigenvalue weighted by molar-refractivity contribution is 0.0599. The maximum atomic E-state index is 11.7. The summed E-state index contributed by atoms with van der Waals surface area (Å²) in [5, 5.41) is 41.2. The minimum atomic E-state index is -0.924. The summed E-state index contributed by atoms with van der Waals surface area (Å²) in [7, 11) is 1.39. The molecule has 0 amide bonds. The number of aliphatic hydroxyl groups is 1. The fourth-order valence-corrected chi connectivity index (χ4v) is 18.4. The third-order valence-electron chi connectivity index (χ3n) is 24.5. The number of ether oxygens (including phenoxy) is 1. The number of halogens is 4. The molecule has 15 aromatic rings. The van der Waals surface area contributed by atoms with Crippen LogP contribution in [0.4, 0.5) is 79.6 Å². The molecular formula is C119H122BrCl2IN6O7. The second kappa shape index (κ2) is 46.2. The lowest BCUT2D eigenvalue weighted by Gasteiger charge is -2.42. The zero-order valence-electron chi connectivity index (χ0n) is 80.4. The number of nitrogens with zero attached hydrogens (tertiary/aromatic N) is 2. The molecule has 0 bridgehead atoms. The van der Waals surface area contributed by atoms with E-state index in [4.69, 9.17) is 38.2 Å². The topological polar surface area (TPSA) is 176 Å². The minimum absolute atomic E-state index is 0.0191. The van der Waals surface area contributed by atoms with E-state index in [1.807, 2.05) is 190 Å². The van der Waals surface area contributed by atoms with Crippen LogP contribution in [0.1, 0.15) is 188 Å². The molecule has 15 aromatic carbocycles. The van der Waals surface area contributed by atoms with Gasteiger partial charge in [-0.15, -0.1) is 23.2 Å². The average molecular weight is 2030 g/mol. The Hall–Kier alpha value is -12.7. The molecule has 0 spiro atoms. The molecule has 136 heavy (non-hydrogen) atoms. The van der Waals surface area contributed by atoms with Crippen molar-refractivity contribution in [3.8, 4) is 0 Å². The number of carboxylic acid groups (broad SMARTS) is 2. The molecule has 3 heterocycles. The number of hydrogen-bond acceptors (Lipinski definition) is 11. The molecule has 13 nitrogen and oxygen atoms in total. The largest absolute Gasteiger partial charge is 0.478 e. The van der Waals surface area contributed by atoms with Crippen LogP contribution in [-0.2, 0) is 39.4 Å². The third kappa shape index (κ3) is 25.7. The average Bonchev–Trinajstić information content (AvgIpc) is 0.729. The lowest BCUT2D eigenvalue weighted by atomic mass is 9.73. The Morgan fingerprint density at radius 3 is 1.19 bits per heavy atom. The Morgan fingerprint density at radius 2 is 0.728 bits per heavy atom. The van der Waals surface area contributed by atoms with E-state index >= 15 is 0 Å². The summed E-state index contributed by atoms with van der Waals surface area (Å²) < 4.78 is 6.69. The number of carboxylic acids is 2. The summed E-state index contributed by atoms with van der Waals surface area (Å²) >= 11 is 17.4. The van der Waals surface area contributed by atoms with Gasteiger partial charge in [-0.2, -0.15) is 0 Å². The van der Waals surface area contributed by atoms with Crippen LogP contribution in [0, 0.1) is 52.0 Å². The van der Waals surface area contributed by atoms with E-state index in [-0.39, 0.29) is 27.8 Å². The van der Waals surface area contributed by atoms with Crippen molar-refractivity contribution in [1.29, 1.82) is 0 Å². The van der Waals surface area contributed by atoms with Crippen LogP contribution < -0.4 is 31.1 Å². The van der Waals surface area contributed by atoms with Crippen LogP contribution in [0.5, 0.6) is 0 Å². The molecule has 7 N–H and O–H groups in total. The van der Waals surface area contributed by atoms with Crippen molar-refractivity contribution < 1.29 is 34.4 Å². The molecule has 0 unspecified atom stereocenters. The number of benzene rings is 15. The molecule has 0 atom stereocenters. The summed E-state index contributed by atoms with van der Waals surface area (Å²) in [6.07, 6.45) is 4.08. The molecule has 0 radical (unpaired) electrons. The Kier molecular flexibility index (Phi) is 34.7. The van der Waals surface area contributed by atoms with Crippen molar-refractivity contribution in [2.75, 3.05) is 49.9 Å². The first kappa shape index (κ1) is 102. The second-order valence-electron chi connectivity index (χ2n) is 36.7. The highest BCUT2D eigenvalue weighted by atomic mass is 127. The number of para-hydroxylation sites is 5. The summed E-state index contributed by atoms with van der Waals surface area (Å²) in [5.41, 5.74) is 35.2. The first-order chi connectivity index (χ1) is 65.0. The molecule has 17 heteroatoms. The van der Waals surface area contributed by atoms with Crippen molar-refractivity contribution >= 4 is 159 Å². The van der Waals surface area contributed by atoms with Gasteiger partial charge in [0.1, 0.15) is 0 Å². The van der Waals surface area contributed by atoms with Gasteiger partial charge in [-0.1, -0.05) is 278 Å². The smallest absolute Gasteiger partial charge is 0.339 e. The highest BCUT2D eigenvalue weighted by Gasteiger charge is 2.39. The van der Waals surface area contributed by atoms with E-state index in [2.05, 4.69) is 279 Å². The summed E-state index contributed by atoms with van der Waals surface area (Å²) in [5.74, 6) is -0.705. The van der Waals surface area contributed by atoms with Crippen LogP contribution in [-0.4, -0.2) is 52.1 Å². The minimum Gasteiger partial charge on any atom is -0.478 e. The quantitative estimate of drug-likeness (QED) is 0.0246. The number of methoxy groups -OCH3 is 1. The van der Waals surface area contributed by atoms with Gasteiger partial charge in [0.25, 0.3) is 0 Å². The number of nitrogens with one attached hydrogen (secondary N) is 4. The summed E-state index contributed by atoms with van der Waals surface area (Å²) in [6, 6.07) is 114. The van der Waals surface area contributed by atoms with Crippen LogP contribution in [0.25, 0.3) is 0 Å². The predicted octanol–water partition coefficient (Wildman–Crippen LogP) is 32.9. The zero-order chi connectivity index (χ0) is 97.8. The lowest BCUT2D eigenvalue weighted by Crippen LogP contribution is -2.30. The summed E-state index contributed by atoms with van der Waals surface area (Å²) in [6.45, 7) is 31.7. The molecule has 0 fully saturated rings. The molecule has 3 aliphatic rings. The van der Waals surface area contributed by atoms with Gasteiger partial charge in [0.05, 0.1) is 63.5 Å².